The number of nitrogens with one attached hydrogen (secondary N) is 1. The molecule has 2 aliphatic rings. The molecule has 9 heteroatoms. The predicted octanol–water partition coefficient (Wildman–Crippen LogP) is 2.96. The second-order valence-electron chi connectivity index (χ2n) is 8.92. The summed E-state index contributed by atoms with van der Waals surface area (Å²) in [4.78, 5) is 42.3. The zero-order valence-electron chi connectivity index (χ0n) is 19.1. The molecule has 2 aliphatic heterocycles. The molecule has 2 fully saturated rings. The average Bonchev–Trinajstić information content (AvgIpc) is 3.17. The maximum absolute atomic E-state index is 13.9. The van der Waals surface area contributed by atoms with Crippen LogP contribution in [0.2, 0.25) is 0 Å². The van der Waals surface area contributed by atoms with Gasteiger partial charge in [-0.15, -0.1) is 0 Å². The smallest absolute Gasteiger partial charge is 0.256 e. The van der Waals surface area contributed by atoms with Crippen LogP contribution in [0.3, 0.4) is 0 Å². The summed E-state index contributed by atoms with van der Waals surface area (Å²) in [5.74, 6) is -2.07. The molecule has 1 atom stereocenters. The zero-order chi connectivity index (χ0) is 24.5. The van der Waals surface area contributed by atoms with Crippen molar-refractivity contribution in [1.29, 1.82) is 0 Å². The normalized spacial score (nSPS) is 19.5. The first kappa shape index (κ1) is 23.8. The Morgan fingerprint density at radius 3 is 2.26 bits per heavy atom. The second kappa shape index (κ2) is 9.50. The van der Waals surface area contributed by atoms with Crippen molar-refractivity contribution < 1.29 is 27.9 Å². The van der Waals surface area contributed by atoms with Crippen molar-refractivity contribution in [1.82, 2.24) is 15.1 Å². The molecule has 3 amide bonds. The molecule has 2 aromatic rings. The Bertz CT molecular complexity index is 1080. The number of hydrogen-bond donors (Lipinski definition) is 1. The Morgan fingerprint density at radius 2 is 1.65 bits per heavy atom. The lowest BCUT2D eigenvalue weighted by molar-refractivity contribution is -0.128. The molecule has 0 bridgehead atoms. The van der Waals surface area contributed by atoms with Crippen LogP contribution in [0.15, 0.2) is 48.5 Å². The van der Waals surface area contributed by atoms with Gasteiger partial charge in [0.25, 0.3) is 11.8 Å². The van der Waals surface area contributed by atoms with E-state index in [2.05, 4.69) is 5.32 Å². The highest BCUT2D eigenvalue weighted by molar-refractivity contribution is 5.98. The summed E-state index contributed by atoms with van der Waals surface area (Å²) in [7, 11) is 0. The van der Waals surface area contributed by atoms with E-state index in [1.165, 1.54) is 47.4 Å². The van der Waals surface area contributed by atoms with Crippen LogP contribution in [0.25, 0.3) is 0 Å². The zero-order valence-corrected chi connectivity index (χ0v) is 19.1. The van der Waals surface area contributed by atoms with Crippen molar-refractivity contribution >= 4 is 17.7 Å². The van der Waals surface area contributed by atoms with Gasteiger partial charge in [0, 0.05) is 43.1 Å². The van der Waals surface area contributed by atoms with Gasteiger partial charge in [0.1, 0.15) is 23.4 Å². The van der Waals surface area contributed by atoms with E-state index in [1.807, 2.05) is 13.8 Å². The molecule has 34 heavy (non-hydrogen) atoms. The van der Waals surface area contributed by atoms with Crippen LogP contribution >= 0.6 is 0 Å². The van der Waals surface area contributed by atoms with E-state index in [1.54, 1.807) is 4.90 Å². The van der Waals surface area contributed by atoms with Crippen molar-refractivity contribution in [3.63, 3.8) is 0 Å². The van der Waals surface area contributed by atoms with Gasteiger partial charge >= 0.3 is 0 Å². The van der Waals surface area contributed by atoms with E-state index in [9.17, 15) is 23.2 Å². The molecule has 1 N–H and O–H groups in total. The van der Waals surface area contributed by atoms with Crippen molar-refractivity contribution in [3.05, 3.63) is 71.3 Å². The third-order valence-electron chi connectivity index (χ3n) is 6.21. The topological polar surface area (TPSA) is 79.0 Å². The van der Waals surface area contributed by atoms with Crippen LogP contribution in [-0.2, 0) is 9.53 Å². The van der Waals surface area contributed by atoms with Crippen LogP contribution in [0, 0.1) is 11.6 Å². The maximum Gasteiger partial charge on any atom is 0.256 e. The van der Waals surface area contributed by atoms with Crippen molar-refractivity contribution in [2.24, 2.45) is 0 Å². The van der Waals surface area contributed by atoms with Gasteiger partial charge in [-0.25, -0.2) is 8.78 Å². The van der Waals surface area contributed by atoms with Crippen LogP contribution < -0.4 is 5.32 Å². The number of rotatable bonds is 4. The number of piperidine rings is 1. The molecule has 7 nitrogen and oxygen atoms in total. The van der Waals surface area contributed by atoms with Gasteiger partial charge in [-0.05, 0) is 56.3 Å². The van der Waals surface area contributed by atoms with E-state index in [0.717, 1.165) is 6.07 Å². The van der Waals surface area contributed by atoms with Crippen LogP contribution in [0.4, 0.5) is 8.78 Å². The van der Waals surface area contributed by atoms with Crippen LogP contribution in [0.5, 0.6) is 0 Å². The molecule has 0 aromatic heterocycles. The lowest BCUT2D eigenvalue weighted by atomic mass is 9.96. The van der Waals surface area contributed by atoms with Gasteiger partial charge in [0.15, 0.2) is 0 Å². The third kappa shape index (κ3) is 4.65. The van der Waals surface area contributed by atoms with Crippen LogP contribution in [0.1, 0.15) is 47.4 Å². The van der Waals surface area contributed by atoms with E-state index in [-0.39, 0.29) is 56.0 Å². The molecule has 2 aromatic carbocycles. The number of benzene rings is 2. The Balaban J connectivity index is 1.58. The molecule has 0 radical (unpaired) electrons. The van der Waals surface area contributed by atoms with Gasteiger partial charge in [-0.1, -0.05) is 6.07 Å². The van der Waals surface area contributed by atoms with Gasteiger partial charge in [-0.3, -0.25) is 19.3 Å². The minimum Gasteiger partial charge on any atom is -0.353 e. The standard InChI is InChI=1S/C25H27F2N3O4/c1-16(2)28-22(31)21-15-34-25(30(21)24(33)18-4-3-5-20(27)14-18)10-12-29(13-11-25)23(32)17-6-8-19(26)9-7-17/h3-9,14,16,21H,10-13,15H2,1-2H3,(H,28,31). The molecule has 180 valence electrons. The Labute approximate surface area is 196 Å². The molecular weight excluding hydrogens is 444 g/mol. The highest BCUT2D eigenvalue weighted by Gasteiger charge is 2.54. The molecule has 1 spiro atoms. The number of nitrogens with zero attached hydrogens (tertiary/aromatic N) is 2. The molecule has 2 saturated heterocycles. The summed E-state index contributed by atoms with van der Waals surface area (Å²) >= 11 is 0. The Kier molecular flexibility index (Phi) is 6.65. The molecule has 2 heterocycles. The number of carbonyl (C=O) groups is 3. The van der Waals surface area contributed by atoms with Crippen molar-refractivity contribution in [2.75, 3.05) is 19.7 Å². The summed E-state index contributed by atoms with van der Waals surface area (Å²) in [5, 5.41) is 2.83. The minimum absolute atomic E-state index is 0.00547. The summed E-state index contributed by atoms with van der Waals surface area (Å²) < 4.78 is 33.2. The fourth-order valence-corrected chi connectivity index (χ4v) is 4.54. The van der Waals surface area contributed by atoms with Gasteiger partial charge in [0.05, 0.1) is 6.61 Å². The lowest BCUT2D eigenvalue weighted by Crippen LogP contribution is -2.60. The number of likely N-dealkylation sites (tertiary alicyclic amines) is 1. The maximum atomic E-state index is 13.9. The Hall–Kier alpha value is -3.33. The first-order valence-corrected chi connectivity index (χ1v) is 11.3. The van der Waals surface area contributed by atoms with E-state index >= 15 is 0 Å². The quantitative estimate of drug-likeness (QED) is 0.744. The molecule has 4 rings (SSSR count). The highest BCUT2D eigenvalue weighted by atomic mass is 19.1. The minimum atomic E-state index is -1.10. The number of hydrogen-bond acceptors (Lipinski definition) is 4. The average molecular weight is 472 g/mol. The molecular formula is C25H27F2N3O4. The van der Waals surface area contributed by atoms with Gasteiger partial charge < -0.3 is 15.0 Å². The molecule has 0 aliphatic carbocycles. The number of amides is 3. The van der Waals surface area contributed by atoms with Gasteiger partial charge in [0.2, 0.25) is 5.91 Å². The van der Waals surface area contributed by atoms with E-state index < -0.39 is 29.3 Å². The number of halogens is 2. The fraction of sp³-hybridized carbons (Fsp3) is 0.400. The number of ether oxygens (including phenoxy) is 1. The summed E-state index contributed by atoms with van der Waals surface area (Å²) in [6.07, 6.45) is 0.568. The van der Waals surface area contributed by atoms with Crippen molar-refractivity contribution in [2.45, 2.75) is 44.5 Å². The fourth-order valence-electron chi connectivity index (χ4n) is 4.54. The van der Waals surface area contributed by atoms with Crippen LogP contribution in [-0.4, -0.2) is 65.0 Å². The highest BCUT2D eigenvalue weighted by Crippen LogP contribution is 2.39. The van der Waals surface area contributed by atoms with Gasteiger partial charge in [-0.2, -0.15) is 0 Å². The first-order valence-electron chi connectivity index (χ1n) is 11.3. The Morgan fingerprint density at radius 1 is 0.971 bits per heavy atom. The summed E-state index contributed by atoms with van der Waals surface area (Å²) in [6, 6.07) is 9.64. The second-order valence-corrected chi connectivity index (χ2v) is 8.92. The predicted molar refractivity (Wildman–Crippen MR) is 120 cm³/mol. The summed E-state index contributed by atoms with van der Waals surface area (Å²) in [5.41, 5.74) is -0.606. The largest absolute Gasteiger partial charge is 0.353 e. The molecule has 0 saturated carbocycles. The monoisotopic (exact) mass is 471 g/mol. The van der Waals surface area contributed by atoms with E-state index in [4.69, 9.17) is 4.74 Å². The first-order chi connectivity index (χ1) is 16.2. The van der Waals surface area contributed by atoms with Crippen molar-refractivity contribution in [3.8, 4) is 0 Å². The number of carbonyl (C=O) groups excluding carboxylic acids is 3. The SMILES string of the molecule is CC(C)NC(=O)C1COC2(CCN(C(=O)c3ccc(F)cc3)CC2)N1C(=O)c1cccc(F)c1. The third-order valence-corrected chi connectivity index (χ3v) is 6.21. The molecule has 1 unspecified atom stereocenters. The van der Waals surface area contributed by atoms with E-state index in [0.29, 0.717) is 5.56 Å². The summed E-state index contributed by atoms with van der Waals surface area (Å²) in [6.45, 7) is 4.21. The lowest BCUT2D eigenvalue weighted by Gasteiger charge is -2.44.